The second kappa shape index (κ2) is 6.70. The lowest BCUT2D eigenvalue weighted by molar-refractivity contribution is 0.0687. The van der Waals surface area contributed by atoms with Crippen molar-refractivity contribution in [2.75, 3.05) is 0 Å². The Morgan fingerprint density at radius 3 is 2.71 bits per heavy atom. The van der Waals surface area contributed by atoms with E-state index in [4.69, 9.17) is 5.11 Å². The molecule has 0 aliphatic heterocycles. The van der Waals surface area contributed by atoms with E-state index in [2.05, 4.69) is 24.1 Å². The lowest BCUT2D eigenvalue weighted by atomic mass is 9.78. The minimum absolute atomic E-state index is 0.00178. The number of carbonyl (C=O) groups is 2. The molecule has 0 spiro atoms. The minimum atomic E-state index is -1.13. The normalized spacial score (nSPS) is 22.0. The molecule has 114 valence electrons. The number of carboxylic acid groups (broad SMARTS) is 1. The summed E-state index contributed by atoms with van der Waals surface area (Å²) in [5.74, 6) is -0.569. The van der Waals surface area contributed by atoms with E-state index in [1.807, 2.05) is 0 Å². The highest BCUT2D eigenvalue weighted by Crippen LogP contribution is 2.30. The Morgan fingerprint density at radius 1 is 1.33 bits per heavy atom. The maximum atomic E-state index is 12.4. The molecular formula is C16H22N2O3. The molecule has 1 amide bonds. The number of aromatic carboxylic acids is 1. The third kappa shape index (κ3) is 3.60. The van der Waals surface area contributed by atoms with E-state index < -0.39 is 5.97 Å². The second-order valence-corrected chi connectivity index (χ2v) is 5.98. The largest absolute Gasteiger partial charge is 0.478 e. The van der Waals surface area contributed by atoms with Crippen LogP contribution in [-0.2, 0) is 0 Å². The zero-order valence-electron chi connectivity index (χ0n) is 12.5. The van der Waals surface area contributed by atoms with Gasteiger partial charge in [0.1, 0.15) is 5.69 Å². The average Bonchev–Trinajstić information content (AvgIpc) is 2.47. The van der Waals surface area contributed by atoms with Gasteiger partial charge < -0.3 is 10.4 Å². The molecule has 21 heavy (non-hydrogen) atoms. The fourth-order valence-electron chi connectivity index (χ4n) is 3.13. The number of nitrogens with zero attached hydrogens (tertiary/aromatic N) is 1. The standard InChI is InChI=1S/C16H22N2O3/c1-10(2)11-6-3-4-8-13(11)18-15(19)14-12(16(20)21)7-5-9-17-14/h5,7,9-11,13H,3-4,6,8H2,1-2H3,(H,18,19)(H,20,21). The smallest absolute Gasteiger partial charge is 0.338 e. The zero-order chi connectivity index (χ0) is 15.4. The van der Waals surface area contributed by atoms with Crippen LogP contribution in [0.5, 0.6) is 0 Å². The maximum absolute atomic E-state index is 12.4. The van der Waals surface area contributed by atoms with Gasteiger partial charge in [0, 0.05) is 12.2 Å². The maximum Gasteiger partial charge on any atom is 0.338 e. The molecule has 2 atom stereocenters. The van der Waals surface area contributed by atoms with Crippen LogP contribution in [0.3, 0.4) is 0 Å². The molecule has 2 rings (SSSR count). The molecule has 2 unspecified atom stereocenters. The third-order valence-electron chi connectivity index (χ3n) is 4.25. The highest BCUT2D eigenvalue weighted by atomic mass is 16.4. The number of aromatic nitrogens is 1. The number of hydrogen-bond acceptors (Lipinski definition) is 3. The number of amides is 1. The Bertz CT molecular complexity index is 528. The van der Waals surface area contributed by atoms with Crippen LogP contribution in [0.4, 0.5) is 0 Å². The van der Waals surface area contributed by atoms with Crippen LogP contribution >= 0.6 is 0 Å². The van der Waals surface area contributed by atoms with Crippen LogP contribution < -0.4 is 5.32 Å². The molecule has 1 aromatic heterocycles. The Labute approximate surface area is 124 Å². The minimum Gasteiger partial charge on any atom is -0.478 e. The number of carboxylic acids is 1. The van der Waals surface area contributed by atoms with E-state index in [-0.39, 0.29) is 23.2 Å². The highest BCUT2D eigenvalue weighted by Gasteiger charge is 2.30. The molecule has 1 heterocycles. The second-order valence-electron chi connectivity index (χ2n) is 5.98. The first-order valence-electron chi connectivity index (χ1n) is 7.50. The summed E-state index contributed by atoms with van der Waals surface area (Å²) in [5.41, 5.74) is -0.0509. The topological polar surface area (TPSA) is 79.3 Å². The SMILES string of the molecule is CC(C)C1CCCCC1NC(=O)c1ncccc1C(=O)O. The molecule has 1 aliphatic rings. The van der Waals surface area contributed by atoms with Crippen LogP contribution in [0.25, 0.3) is 0 Å². The van der Waals surface area contributed by atoms with Gasteiger partial charge in [-0.25, -0.2) is 4.79 Å². The van der Waals surface area contributed by atoms with E-state index in [9.17, 15) is 9.59 Å². The van der Waals surface area contributed by atoms with Crippen molar-refractivity contribution in [3.05, 3.63) is 29.6 Å². The predicted octanol–water partition coefficient (Wildman–Crippen LogP) is 2.72. The molecule has 5 nitrogen and oxygen atoms in total. The summed E-state index contributed by atoms with van der Waals surface area (Å²) >= 11 is 0. The Balaban J connectivity index is 2.15. The molecule has 1 aliphatic carbocycles. The Hall–Kier alpha value is -1.91. The van der Waals surface area contributed by atoms with E-state index in [0.29, 0.717) is 11.8 Å². The van der Waals surface area contributed by atoms with Crippen molar-refractivity contribution < 1.29 is 14.7 Å². The molecule has 2 N–H and O–H groups in total. The van der Waals surface area contributed by atoms with Gasteiger partial charge in [0.15, 0.2) is 0 Å². The van der Waals surface area contributed by atoms with Crippen molar-refractivity contribution >= 4 is 11.9 Å². The first kappa shape index (κ1) is 15.5. The van der Waals surface area contributed by atoms with Crippen LogP contribution in [0.15, 0.2) is 18.3 Å². The Kier molecular flexibility index (Phi) is 4.94. The third-order valence-corrected chi connectivity index (χ3v) is 4.25. The molecule has 0 saturated heterocycles. The molecule has 1 fully saturated rings. The number of pyridine rings is 1. The first-order chi connectivity index (χ1) is 10.0. The van der Waals surface area contributed by atoms with Crippen molar-refractivity contribution in [3.8, 4) is 0 Å². The number of rotatable bonds is 4. The van der Waals surface area contributed by atoms with Gasteiger partial charge in [-0.3, -0.25) is 9.78 Å². The molecule has 0 bridgehead atoms. The summed E-state index contributed by atoms with van der Waals surface area (Å²) in [6.45, 7) is 4.33. The molecule has 0 aromatic carbocycles. The number of carbonyl (C=O) groups excluding carboxylic acids is 1. The van der Waals surface area contributed by atoms with Gasteiger partial charge in [-0.2, -0.15) is 0 Å². The highest BCUT2D eigenvalue weighted by molar-refractivity contribution is 6.03. The van der Waals surface area contributed by atoms with Crippen LogP contribution in [0.1, 0.15) is 60.4 Å². The monoisotopic (exact) mass is 290 g/mol. The van der Waals surface area contributed by atoms with E-state index in [1.165, 1.54) is 24.8 Å². The lowest BCUT2D eigenvalue weighted by Gasteiger charge is -2.34. The van der Waals surface area contributed by atoms with Crippen LogP contribution in [0, 0.1) is 11.8 Å². The van der Waals surface area contributed by atoms with Gasteiger partial charge in [-0.05, 0) is 36.8 Å². The van der Waals surface area contributed by atoms with Crippen molar-refractivity contribution in [2.45, 2.75) is 45.6 Å². The summed E-state index contributed by atoms with van der Waals surface area (Å²) in [6, 6.07) is 3.04. The number of hydrogen-bond donors (Lipinski definition) is 2. The Morgan fingerprint density at radius 2 is 2.05 bits per heavy atom. The van der Waals surface area contributed by atoms with Crippen molar-refractivity contribution in [2.24, 2.45) is 11.8 Å². The summed E-state index contributed by atoms with van der Waals surface area (Å²) in [4.78, 5) is 27.5. The summed E-state index contributed by atoms with van der Waals surface area (Å²) in [7, 11) is 0. The van der Waals surface area contributed by atoms with Gasteiger partial charge in [0.2, 0.25) is 0 Å². The van der Waals surface area contributed by atoms with Gasteiger partial charge in [0.05, 0.1) is 5.56 Å². The summed E-state index contributed by atoms with van der Waals surface area (Å²) in [6.07, 6.45) is 5.80. The predicted molar refractivity (Wildman–Crippen MR) is 79.2 cm³/mol. The van der Waals surface area contributed by atoms with Gasteiger partial charge in [0.25, 0.3) is 5.91 Å². The lowest BCUT2D eigenvalue weighted by Crippen LogP contribution is -2.44. The first-order valence-corrected chi connectivity index (χ1v) is 7.50. The quantitative estimate of drug-likeness (QED) is 0.893. The van der Waals surface area contributed by atoms with E-state index >= 15 is 0 Å². The molecule has 1 saturated carbocycles. The molecule has 5 heteroatoms. The number of nitrogens with one attached hydrogen (secondary N) is 1. The van der Waals surface area contributed by atoms with Crippen molar-refractivity contribution in [1.29, 1.82) is 0 Å². The van der Waals surface area contributed by atoms with Crippen molar-refractivity contribution in [1.82, 2.24) is 10.3 Å². The van der Waals surface area contributed by atoms with Crippen LogP contribution in [-0.4, -0.2) is 28.0 Å². The van der Waals surface area contributed by atoms with E-state index in [0.717, 1.165) is 19.3 Å². The average molecular weight is 290 g/mol. The molecule has 1 aromatic rings. The van der Waals surface area contributed by atoms with Gasteiger partial charge in [-0.1, -0.05) is 26.7 Å². The fraction of sp³-hybridized carbons (Fsp3) is 0.562. The molecular weight excluding hydrogens is 268 g/mol. The van der Waals surface area contributed by atoms with Crippen LogP contribution in [0.2, 0.25) is 0 Å². The molecule has 0 radical (unpaired) electrons. The van der Waals surface area contributed by atoms with Gasteiger partial charge >= 0.3 is 5.97 Å². The zero-order valence-corrected chi connectivity index (χ0v) is 12.5. The van der Waals surface area contributed by atoms with E-state index in [1.54, 1.807) is 0 Å². The summed E-state index contributed by atoms with van der Waals surface area (Å²) < 4.78 is 0. The van der Waals surface area contributed by atoms with Crippen molar-refractivity contribution in [3.63, 3.8) is 0 Å². The van der Waals surface area contributed by atoms with Gasteiger partial charge in [-0.15, -0.1) is 0 Å². The summed E-state index contributed by atoms with van der Waals surface area (Å²) in [5, 5.41) is 12.1. The fourth-order valence-corrected chi connectivity index (χ4v) is 3.13.